The van der Waals surface area contributed by atoms with Crippen molar-refractivity contribution in [2.24, 2.45) is 5.92 Å². The summed E-state index contributed by atoms with van der Waals surface area (Å²) in [4.78, 5) is 2.62. The van der Waals surface area contributed by atoms with E-state index in [0.717, 1.165) is 10.4 Å². The first-order valence-electron chi connectivity index (χ1n) is 7.38. The van der Waals surface area contributed by atoms with Gasteiger partial charge in [0.05, 0.1) is 0 Å². The third-order valence-electron chi connectivity index (χ3n) is 4.28. The van der Waals surface area contributed by atoms with Crippen molar-refractivity contribution in [3.8, 4) is 0 Å². The fourth-order valence-corrected chi connectivity index (χ4v) is 3.38. The molecule has 1 N–H and O–H groups in total. The average Bonchev–Trinajstić information content (AvgIpc) is 2.87. The van der Waals surface area contributed by atoms with Crippen molar-refractivity contribution in [1.29, 1.82) is 0 Å². The topological polar surface area (TPSA) is 15.3 Å². The normalized spacial score (nSPS) is 21.7. The quantitative estimate of drug-likeness (QED) is 0.855. The third-order valence-corrected chi connectivity index (χ3v) is 4.77. The molecular weight excluding hydrogens is 300 g/mol. The smallest absolute Gasteiger partial charge is 0.0330 e. The molecule has 0 aliphatic carbocycles. The number of benzene rings is 1. The summed E-state index contributed by atoms with van der Waals surface area (Å²) in [7, 11) is 2.06. The molecular formula is C16H25BrN2. The first kappa shape index (κ1) is 15.0. The maximum absolute atomic E-state index is 3.56. The summed E-state index contributed by atoms with van der Waals surface area (Å²) in [5, 5.41) is 3.45. The van der Waals surface area contributed by atoms with Gasteiger partial charge >= 0.3 is 0 Å². The van der Waals surface area contributed by atoms with E-state index in [1.807, 2.05) is 0 Å². The van der Waals surface area contributed by atoms with Crippen LogP contribution >= 0.6 is 15.9 Å². The van der Waals surface area contributed by atoms with Gasteiger partial charge in [-0.05, 0) is 56.6 Å². The van der Waals surface area contributed by atoms with Crippen LogP contribution < -0.4 is 5.32 Å². The molecule has 0 aromatic heterocycles. The number of hydrogen-bond acceptors (Lipinski definition) is 2. The molecule has 1 heterocycles. The summed E-state index contributed by atoms with van der Waals surface area (Å²) in [6.07, 6.45) is 3.90. The van der Waals surface area contributed by atoms with Crippen LogP contribution in [0.2, 0.25) is 0 Å². The molecule has 1 saturated heterocycles. The highest BCUT2D eigenvalue weighted by molar-refractivity contribution is 9.10. The summed E-state index contributed by atoms with van der Waals surface area (Å²) in [5.74, 6) is 0.930. The number of hydrogen-bond donors (Lipinski definition) is 1. The molecule has 3 heteroatoms. The molecule has 2 nitrogen and oxygen atoms in total. The van der Waals surface area contributed by atoms with E-state index < -0.39 is 0 Å². The van der Waals surface area contributed by atoms with Crippen LogP contribution in [0.25, 0.3) is 0 Å². The molecule has 1 aromatic carbocycles. The van der Waals surface area contributed by atoms with Crippen LogP contribution in [0.4, 0.5) is 0 Å². The fourth-order valence-electron chi connectivity index (χ4n) is 2.96. The highest BCUT2D eigenvalue weighted by Gasteiger charge is 2.21. The zero-order valence-corrected chi connectivity index (χ0v) is 13.6. The van der Waals surface area contributed by atoms with E-state index in [9.17, 15) is 0 Å². The van der Waals surface area contributed by atoms with Gasteiger partial charge in [0.15, 0.2) is 0 Å². The molecule has 2 rings (SSSR count). The monoisotopic (exact) mass is 324 g/mol. The number of nitrogens with one attached hydrogen (secondary N) is 1. The van der Waals surface area contributed by atoms with Crippen molar-refractivity contribution < 1.29 is 0 Å². The second-order valence-electron chi connectivity index (χ2n) is 5.55. The Hall–Kier alpha value is -0.380. The lowest BCUT2D eigenvalue weighted by molar-refractivity contribution is 0.301. The lowest BCUT2D eigenvalue weighted by Gasteiger charge is -2.21. The zero-order chi connectivity index (χ0) is 13.7. The van der Waals surface area contributed by atoms with E-state index in [1.54, 1.807) is 0 Å². The summed E-state index contributed by atoms with van der Waals surface area (Å²) in [6.45, 7) is 6.10. The molecule has 0 amide bonds. The summed E-state index contributed by atoms with van der Waals surface area (Å²) in [6, 6.07) is 9.10. The molecule has 1 aliphatic heterocycles. The maximum Gasteiger partial charge on any atom is 0.0330 e. The Morgan fingerprint density at radius 3 is 2.95 bits per heavy atom. The van der Waals surface area contributed by atoms with Crippen LogP contribution in [0, 0.1) is 5.92 Å². The Morgan fingerprint density at radius 1 is 1.47 bits per heavy atom. The standard InChI is InChI=1S/C16H25BrN2/c1-3-13-7-9-19(12-13)10-8-16(18-2)14-5-4-6-15(17)11-14/h4-6,11,13,16,18H,3,7-10,12H2,1-2H3. The summed E-state index contributed by atoms with van der Waals surface area (Å²) < 4.78 is 1.16. The molecule has 106 valence electrons. The van der Waals surface area contributed by atoms with Gasteiger partial charge in [-0.2, -0.15) is 0 Å². The predicted octanol–water partition coefficient (Wildman–Crippen LogP) is 3.83. The number of likely N-dealkylation sites (tertiary alicyclic amines) is 1. The van der Waals surface area contributed by atoms with Gasteiger partial charge < -0.3 is 10.2 Å². The SMILES string of the molecule is CCC1CCN(CCC(NC)c2cccc(Br)c2)C1. The largest absolute Gasteiger partial charge is 0.313 e. The minimum Gasteiger partial charge on any atom is -0.313 e. The Balaban J connectivity index is 1.86. The Bertz CT molecular complexity index is 394. The fraction of sp³-hybridized carbons (Fsp3) is 0.625. The van der Waals surface area contributed by atoms with Crippen LogP contribution in [0.15, 0.2) is 28.7 Å². The average molecular weight is 325 g/mol. The van der Waals surface area contributed by atoms with Crippen molar-refractivity contribution in [2.75, 3.05) is 26.7 Å². The molecule has 0 spiro atoms. The van der Waals surface area contributed by atoms with Crippen LogP contribution in [-0.4, -0.2) is 31.6 Å². The molecule has 0 saturated carbocycles. The second-order valence-corrected chi connectivity index (χ2v) is 6.46. The number of halogens is 1. The Labute approximate surface area is 125 Å². The van der Waals surface area contributed by atoms with Gasteiger partial charge in [0.2, 0.25) is 0 Å². The van der Waals surface area contributed by atoms with Crippen molar-refractivity contribution in [3.05, 3.63) is 34.3 Å². The molecule has 0 bridgehead atoms. The van der Waals surface area contributed by atoms with Crippen molar-refractivity contribution in [1.82, 2.24) is 10.2 Å². The lowest BCUT2D eigenvalue weighted by Crippen LogP contribution is -2.26. The maximum atomic E-state index is 3.56. The minimum absolute atomic E-state index is 0.457. The zero-order valence-electron chi connectivity index (χ0n) is 12.0. The lowest BCUT2D eigenvalue weighted by atomic mass is 10.0. The second kappa shape index (κ2) is 7.41. The van der Waals surface area contributed by atoms with Crippen LogP contribution in [0.5, 0.6) is 0 Å². The van der Waals surface area contributed by atoms with Crippen LogP contribution in [0.1, 0.15) is 37.8 Å². The first-order chi connectivity index (χ1) is 9.22. The first-order valence-corrected chi connectivity index (χ1v) is 8.17. The van der Waals surface area contributed by atoms with E-state index in [2.05, 4.69) is 64.4 Å². The van der Waals surface area contributed by atoms with Crippen LogP contribution in [-0.2, 0) is 0 Å². The van der Waals surface area contributed by atoms with Crippen molar-refractivity contribution in [3.63, 3.8) is 0 Å². The predicted molar refractivity (Wildman–Crippen MR) is 85.4 cm³/mol. The van der Waals surface area contributed by atoms with Crippen LogP contribution in [0.3, 0.4) is 0 Å². The third kappa shape index (κ3) is 4.30. The number of rotatable bonds is 6. The number of nitrogens with zero attached hydrogens (tertiary/aromatic N) is 1. The van der Waals surface area contributed by atoms with Gasteiger partial charge in [0.1, 0.15) is 0 Å². The van der Waals surface area contributed by atoms with Gasteiger partial charge in [-0.1, -0.05) is 41.4 Å². The van der Waals surface area contributed by atoms with E-state index in [-0.39, 0.29) is 0 Å². The van der Waals surface area contributed by atoms with Gasteiger partial charge in [0, 0.05) is 17.1 Å². The Kier molecular flexibility index (Phi) is 5.86. The molecule has 1 aromatic rings. The molecule has 2 atom stereocenters. The highest BCUT2D eigenvalue weighted by atomic mass is 79.9. The van der Waals surface area contributed by atoms with Crippen molar-refractivity contribution in [2.45, 2.75) is 32.2 Å². The summed E-state index contributed by atoms with van der Waals surface area (Å²) in [5.41, 5.74) is 1.38. The van der Waals surface area contributed by atoms with Gasteiger partial charge in [0.25, 0.3) is 0 Å². The van der Waals surface area contributed by atoms with Crippen molar-refractivity contribution >= 4 is 15.9 Å². The van der Waals surface area contributed by atoms with E-state index in [4.69, 9.17) is 0 Å². The Morgan fingerprint density at radius 2 is 2.32 bits per heavy atom. The highest BCUT2D eigenvalue weighted by Crippen LogP contribution is 2.23. The molecule has 1 fully saturated rings. The summed E-state index contributed by atoms with van der Waals surface area (Å²) >= 11 is 3.56. The van der Waals surface area contributed by atoms with Gasteiger partial charge in [-0.25, -0.2) is 0 Å². The van der Waals surface area contributed by atoms with E-state index in [1.165, 1.54) is 44.5 Å². The molecule has 2 unspecified atom stereocenters. The van der Waals surface area contributed by atoms with E-state index in [0.29, 0.717) is 6.04 Å². The molecule has 0 radical (unpaired) electrons. The minimum atomic E-state index is 0.457. The molecule has 1 aliphatic rings. The molecule has 19 heavy (non-hydrogen) atoms. The van der Waals surface area contributed by atoms with Gasteiger partial charge in [-0.3, -0.25) is 0 Å². The van der Waals surface area contributed by atoms with E-state index >= 15 is 0 Å². The van der Waals surface area contributed by atoms with Gasteiger partial charge in [-0.15, -0.1) is 0 Å².